The fraction of sp³-hybridized carbons (Fsp3) is 0.444. The molecule has 22 heavy (non-hydrogen) atoms. The first-order valence-corrected chi connectivity index (χ1v) is 9.07. The Hall–Kier alpha value is -1.39. The lowest BCUT2D eigenvalue weighted by molar-refractivity contribution is 0.103. The third kappa shape index (κ3) is 5.11. The zero-order valence-corrected chi connectivity index (χ0v) is 14.9. The van der Waals surface area contributed by atoms with Crippen LogP contribution in [0.4, 0.5) is 0 Å². The predicted octanol–water partition coefficient (Wildman–Crippen LogP) is 4.02. The Labute approximate surface area is 134 Å². The first-order chi connectivity index (χ1) is 10.3. The molecule has 4 heteroatoms. The molecule has 1 aromatic carbocycles. The van der Waals surface area contributed by atoms with Crippen LogP contribution in [0.15, 0.2) is 58.5 Å². The van der Waals surface area contributed by atoms with E-state index in [1.165, 1.54) is 0 Å². The van der Waals surface area contributed by atoms with E-state index in [9.17, 15) is 8.42 Å². The molecule has 0 aromatic heterocycles. The average Bonchev–Trinajstić information content (AvgIpc) is 2.47. The van der Waals surface area contributed by atoms with E-state index in [0.717, 1.165) is 11.1 Å². The lowest BCUT2D eigenvalue weighted by atomic mass is 9.96. The molecule has 0 aliphatic carbocycles. The van der Waals surface area contributed by atoms with Gasteiger partial charge < -0.3 is 4.74 Å². The van der Waals surface area contributed by atoms with Crippen molar-refractivity contribution in [3.05, 3.63) is 53.6 Å². The summed E-state index contributed by atoms with van der Waals surface area (Å²) in [5.74, 6) is 0.152. The van der Waals surface area contributed by atoms with Crippen molar-refractivity contribution in [1.82, 2.24) is 0 Å². The summed E-state index contributed by atoms with van der Waals surface area (Å²) >= 11 is 0. The van der Waals surface area contributed by atoms with Crippen molar-refractivity contribution in [2.75, 3.05) is 12.9 Å². The lowest BCUT2D eigenvalue weighted by Crippen LogP contribution is -2.21. The molecule has 0 radical (unpaired) electrons. The normalized spacial score (nSPS) is 16.4. The minimum absolute atomic E-state index is 0.0284. The maximum atomic E-state index is 12.4. The number of sulfone groups is 1. The Morgan fingerprint density at radius 3 is 2.32 bits per heavy atom. The van der Waals surface area contributed by atoms with Gasteiger partial charge in [-0.1, -0.05) is 42.8 Å². The summed E-state index contributed by atoms with van der Waals surface area (Å²) in [6, 6.07) is 8.56. The van der Waals surface area contributed by atoms with Gasteiger partial charge in [0, 0.05) is 13.0 Å². The summed E-state index contributed by atoms with van der Waals surface area (Å²) in [6.45, 7) is 7.90. The van der Waals surface area contributed by atoms with Crippen LogP contribution in [0.25, 0.3) is 0 Å². The van der Waals surface area contributed by atoms with E-state index >= 15 is 0 Å². The number of methoxy groups -OCH3 is 1. The van der Waals surface area contributed by atoms with E-state index in [1.54, 1.807) is 31.4 Å². The van der Waals surface area contributed by atoms with Crippen LogP contribution in [0.5, 0.6) is 0 Å². The molecule has 1 rings (SSSR count). The molecule has 0 fully saturated rings. The van der Waals surface area contributed by atoms with Crippen molar-refractivity contribution in [2.45, 2.75) is 38.7 Å². The van der Waals surface area contributed by atoms with Gasteiger partial charge in [-0.3, -0.25) is 0 Å². The first kappa shape index (κ1) is 18.7. The monoisotopic (exact) mass is 322 g/mol. The Kier molecular flexibility index (Phi) is 7.04. The highest BCUT2D eigenvalue weighted by Gasteiger charge is 2.19. The van der Waals surface area contributed by atoms with Crippen LogP contribution < -0.4 is 0 Å². The quantitative estimate of drug-likeness (QED) is 0.712. The van der Waals surface area contributed by atoms with E-state index in [1.807, 2.05) is 45.9 Å². The molecule has 0 N–H and O–H groups in total. The SMILES string of the molecule is C/C=C(\C)[C@H](OC)[C@H](C)/C=C(/C)CS(=O)(=O)c1ccccc1. The molecular weight excluding hydrogens is 296 g/mol. The van der Waals surface area contributed by atoms with Crippen LogP contribution in [0.1, 0.15) is 27.7 Å². The Morgan fingerprint density at radius 1 is 1.23 bits per heavy atom. The van der Waals surface area contributed by atoms with Crippen molar-refractivity contribution in [1.29, 1.82) is 0 Å². The molecule has 0 saturated carbocycles. The fourth-order valence-electron chi connectivity index (χ4n) is 2.57. The molecule has 122 valence electrons. The average molecular weight is 322 g/mol. The number of hydrogen-bond acceptors (Lipinski definition) is 3. The van der Waals surface area contributed by atoms with Gasteiger partial charge in [0.15, 0.2) is 9.84 Å². The summed E-state index contributed by atoms with van der Waals surface area (Å²) in [7, 11) is -1.61. The number of allylic oxidation sites excluding steroid dienone is 1. The third-order valence-electron chi connectivity index (χ3n) is 3.70. The van der Waals surface area contributed by atoms with E-state index in [-0.39, 0.29) is 17.8 Å². The second kappa shape index (κ2) is 8.30. The van der Waals surface area contributed by atoms with E-state index < -0.39 is 9.84 Å². The standard InChI is InChI=1S/C18H26O3S/c1-6-15(3)18(21-5)16(4)12-14(2)13-22(19,20)17-10-8-7-9-11-17/h6-12,16,18H,13H2,1-5H3/b14-12-,15-6+/t16-,18+/m1/s1. The van der Waals surface area contributed by atoms with E-state index in [2.05, 4.69) is 0 Å². The van der Waals surface area contributed by atoms with Crippen molar-refractivity contribution in [2.24, 2.45) is 5.92 Å². The summed E-state index contributed by atoms with van der Waals surface area (Å²) in [5.41, 5.74) is 1.98. The van der Waals surface area contributed by atoms with Crippen LogP contribution in [-0.4, -0.2) is 27.4 Å². The molecule has 0 saturated heterocycles. The second-order valence-corrected chi connectivity index (χ2v) is 7.62. The highest BCUT2D eigenvalue weighted by molar-refractivity contribution is 7.91. The molecule has 3 nitrogen and oxygen atoms in total. The molecule has 0 unspecified atom stereocenters. The molecule has 0 spiro atoms. The van der Waals surface area contributed by atoms with Gasteiger partial charge in [-0.2, -0.15) is 0 Å². The Balaban J connectivity index is 2.90. The molecule has 0 amide bonds. The largest absolute Gasteiger partial charge is 0.377 e. The van der Waals surface area contributed by atoms with Crippen molar-refractivity contribution in [3.63, 3.8) is 0 Å². The highest BCUT2D eigenvalue weighted by atomic mass is 32.2. The van der Waals surface area contributed by atoms with Crippen LogP contribution >= 0.6 is 0 Å². The third-order valence-corrected chi connectivity index (χ3v) is 5.53. The molecule has 1 aromatic rings. The minimum Gasteiger partial charge on any atom is -0.377 e. The zero-order chi connectivity index (χ0) is 16.8. The summed E-state index contributed by atoms with van der Waals surface area (Å²) < 4.78 is 30.3. The molecular formula is C18H26O3S. The van der Waals surface area contributed by atoms with Crippen molar-refractivity contribution < 1.29 is 13.2 Å². The van der Waals surface area contributed by atoms with E-state index in [4.69, 9.17) is 4.74 Å². The van der Waals surface area contributed by atoms with E-state index in [0.29, 0.717) is 4.90 Å². The van der Waals surface area contributed by atoms with Crippen molar-refractivity contribution >= 4 is 9.84 Å². The molecule has 0 aliphatic heterocycles. The van der Waals surface area contributed by atoms with Gasteiger partial charge >= 0.3 is 0 Å². The van der Waals surface area contributed by atoms with Crippen LogP contribution in [0.3, 0.4) is 0 Å². The molecule has 0 bridgehead atoms. The van der Waals surface area contributed by atoms with Gasteiger partial charge in [0.05, 0.1) is 16.8 Å². The van der Waals surface area contributed by atoms with Gasteiger partial charge in [0.1, 0.15) is 0 Å². The van der Waals surface area contributed by atoms with Crippen LogP contribution in [0.2, 0.25) is 0 Å². The lowest BCUT2D eigenvalue weighted by Gasteiger charge is -2.21. The first-order valence-electron chi connectivity index (χ1n) is 7.42. The molecule has 2 atom stereocenters. The minimum atomic E-state index is -3.29. The summed E-state index contributed by atoms with van der Waals surface area (Å²) in [6.07, 6.45) is 3.98. The van der Waals surface area contributed by atoms with Gasteiger partial charge in [0.2, 0.25) is 0 Å². The number of rotatable bonds is 7. The highest BCUT2D eigenvalue weighted by Crippen LogP contribution is 2.20. The maximum Gasteiger partial charge on any atom is 0.182 e. The van der Waals surface area contributed by atoms with Crippen LogP contribution in [0, 0.1) is 5.92 Å². The van der Waals surface area contributed by atoms with Crippen molar-refractivity contribution in [3.8, 4) is 0 Å². The topological polar surface area (TPSA) is 43.4 Å². The van der Waals surface area contributed by atoms with Crippen LogP contribution in [-0.2, 0) is 14.6 Å². The smallest absolute Gasteiger partial charge is 0.182 e. The summed E-state index contributed by atoms with van der Waals surface area (Å²) in [4.78, 5) is 0.364. The second-order valence-electron chi connectivity index (χ2n) is 5.63. The van der Waals surface area contributed by atoms with Gasteiger partial charge in [-0.15, -0.1) is 0 Å². The number of hydrogen-bond donors (Lipinski definition) is 0. The predicted molar refractivity (Wildman–Crippen MR) is 91.6 cm³/mol. The van der Waals surface area contributed by atoms with Gasteiger partial charge in [-0.25, -0.2) is 8.42 Å². The van der Waals surface area contributed by atoms with Gasteiger partial charge in [-0.05, 0) is 38.5 Å². The Bertz CT molecular complexity index is 628. The fourth-order valence-corrected chi connectivity index (χ4v) is 4.01. The number of ether oxygens (including phenoxy) is 1. The summed E-state index contributed by atoms with van der Waals surface area (Å²) in [5, 5.41) is 0. The zero-order valence-electron chi connectivity index (χ0n) is 14.0. The van der Waals surface area contributed by atoms with Gasteiger partial charge in [0.25, 0.3) is 0 Å². The number of benzene rings is 1. The molecule has 0 heterocycles. The Morgan fingerprint density at radius 2 is 1.82 bits per heavy atom. The maximum absolute atomic E-state index is 12.4. The molecule has 0 aliphatic rings.